The van der Waals surface area contributed by atoms with Crippen LogP contribution in [0, 0.1) is 6.92 Å². The topological polar surface area (TPSA) is 88.5 Å². The van der Waals surface area contributed by atoms with Gasteiger partial charge in [0.1, 0.15) is 12.2 Å². The predicted molar refractivity (Wildman–Crippen MR) is 110 cm³/mol. The van der Waals surface area contributed by atoms with Crippen LogP contribution in [0.4, 0.5) is 5.82 Å². The van der Waals surface area contributed by atoms with Gasteiger partial charge in [-0.2, -0.15) is 0 Å². The first-order chi connectivity index (χ1) is 13.5. The van der Waals surface area contributed by atoms with E-state index in [0.29, 0.717) is 27.4 Å². The third-order valence-electron chi connectivity index (χ3n) is 5.17. The Morgan fingerprint density at radius 3 is 2.93 bits per heavy atom. The summed E-state index contributed by atoms with van der Waals surface area (Å²) < 4.78 is 1.89. The zero-order valence-corrected chi connectivity index (χ0v) is 16.3. The number of nitrogens with one attached hydrogen (secondary N) is 2. The summed E-state index contributed by atoms with van der Waals surface area (Å²) in [5, 5.41) is 5.34. The smallest absolute Gasteiger partial charge is 0.260 e. The predicted octanol–water partition coefficient (Wildman–Crippen LogP) is 4.14. The highest BCUT2D eigenvalue weighted by Crippen LogP contribution is 2.37. The number of hydrogen-bond donors (Lipinski definition) is 2. The molecular weight excluding hydrogens is 376 g/mol. The van der Waals surface area contributed by atoms with Gasteiger partial charge in [0.05, 0.1) is 16.5 Å². The van der Waals surface area contributed by atoms with Gasteiger partial charge in [-0.25, -0.2) is 15.0 Å². The fraction of sp³-hybridized carbons (Fsp3) is 0.300. The van der Waals surface area contributed by atoms with Crippen molar-refractivity contribution in [1.29, 1.82) is 0 Å². The van der Waals surface area contributed by atoms with Crippen LogP contribution in [0.25, 0.3) is 21.9 Å². The standard InChI is InChI=1S/C20H19ClN6O/c1-10(24-18-17-19(23-9-22-18)26-11(2)25-17)15-8-12-4-3-5-14(21)16(12)20(28)27(15)13-6-7-13/h3-5,8-10,13H,6-7H2,1-2H3,(H2,22,23,24,25,26)/t10-/m0/s1. The largest absolute Gasteiger partial charge is 0.360 e. The summed E-state index contributed by atoms with van der Waals surface area (Å²) in [6, 6.07) is 7.69. The fourth-order valence-corrected chi connectivity index (χ4v) is 3.99. The summed E-state index contributed by atoms with van der Waals surface area (Å²) in [5.41, 5.74) is 2.27. The van der Waals surface area contributed by atoms with Crippen LogP contribution in [-0.2, 0) is 0 Å². The summed E-state index contributed by atoms with van der Waals surface area (Å²) in [6.07, 6.45) is 3.51. The number of aryl methyl sites for hydroxylation is 1. The van der Waals surface area contributed by atoms with Gasteiger partial charge < -0.3 is 14.9 Å². The number of imidazole rings is 1. The molecule has 7 nitrogen and oxygen atoms in total. The number of aromatic nitrogens is 5. The van der Waals surface area contributed by atoms with Crippen molar-refractivity contribution >= 4 is 39.4 Å². The van der Waals surface area contributed by atoms with E-state index >= 15 is 0 Å². The molecule has 5 rings (SSSR count). The first-order valence-electron chi connectivity index (χ1n) is 9.30. The van der Waals surface area contributed by atoms with Crippen LogP contribution >= 0.6 is 11.6 Å². The van der Waals surface area contributed by atoms with Gasteiger partial charge in [-0.1, -0.05) is 23.7 Å². The SMILES string of the molecule is Cc1nc2c(N[C@@H](C)c3cc4cccc(Cl)c4c(=O)n3C3CC3)ncnc2[nH]1. The molecule has 0 spiro atoms. The van der Waals surface area contributed by atoms with Gasteiger partial charge in [-0.3, -0.25) is 4.79 Å². The molecular formula is C20H19ClN6O. The van der Waals surface area contributed by atoms with Gasteiger partial charge in [0, 0.05) is 11.7 Å². The molecule has 0 radical (unpaired) electrons. The molecule has 0 unspecified atom stereocenters. The van der Waals surface area contributed by atoms with Gasteiger partial charge in [0.2, 0.25) is 0 Å². The number of H-pyrrole nitrogens is 1. The molecule has 3 aromatic heterocycles. The lowest BCUT2D eigenvalue weighted by molar-refractivity contribution is 0.636. The Morgan fingerprint density at radius 2 is 2.14 bits per heavy atom. The van der Waals surface area contributed by atoms with E-state index in [1.165, 1.54) is 6.33 Å². The van der Waals surface area contributed by atoms with Crippen molar-refractivity contribution in [2.45, 2.75) is 38.8 Å². The van der Waals surface area contributed by atoms with Gasteiger partial charge in [-0.15, -0.1) is 0 Å². The van der Waals surface area contributed by atoms with E-state index in [0.717, 1.165) is 29.7 Å². The molecule has 3 heterocycles. The summed E-state index contributed by atoms with van der Waals surface area (Å²) in [6.45, 7) is 3.91. The van der Waals surface area contributed by atoms with E-state index in [2.05, 4.69) is 25.3 Å². The second-order valence-corrected chi connectivity index (χ2v) is 7.69. The van der Waals surface area contributed by atoms with E-state index in [4.69, 9.17) is 11.6 Å². The number of rotatable bonds is 4. The second-order valence-electron chi connectivity index (χ2n) is 7.29. The van der Waals surface area contributed by atoms with Crippen LogP contribution in [0.3, 0.4) is 0 Å². The fourth-order valence-electron chi connectivity index (χ4n) is 3.72. The molecule has 0 amide bonds. The molecule has 4 aromatic rings. The minimum atomic E-state index is -0.146. The number of aromatic amines is 1. The quantitative estimate of drug-likeness (QED) is 0.543. The summed E-state index contributed by atoms with van der Waals surface area (Å²) >= 11 is 6.33. The minimum Gasteiger partial charge on any atom is -0.360 e. The summed E-state index contributed by atoms with van der Waals surface area (Å²) in [7, 11) is 0. The molecule has 1 aliphatic rings. The molecule has 1 atom stereocenters. The maximum Gasteiger partial charge on any atom is 0.260 e. The molecule has 1 saturated carbocycles. The Labute approximate surface area is 165 Å². The normalized spacial score (nSPS) is 15.2. The van der Waals surface area contributed by atoms with Crippen molar-refractivity contribution in [3.05, 3.63) is 57.5 Å². The molecule has 142 valence electrons. The first kappa shape index (κ1) is 17.2. The van der Waals surface area contributed by atoms with Crippen molar-refractivity contribution in [1.82, 2.24) is 24.5 Å². The monoisotopic (exact) mass is 394 g/mol. The summed E-state index contributed by atoms with van der Waals surface area (Å²) in [5.74, 6) is 1.42. The molecule has 0 aliphatic heterocycles. The first-order valence-corrected chi connectivity index (χ1v) is 9.68. The number of halogens is 1. The number of pyridine rings is 1. The average Bonchev–Trinajstić information content (AvgIpc) is 3.41. The van der Waals surface area contributed by atoms with Gasteiger partial charge in [0.25, 0.3) is 5.56 Å². The average molecular weight is 395 g/mol. The highest BCUT2D eigenvalue weighted by Gasteiger charge is 2.29. The Bertz CT molecular complexity index is 1270. The Morgan fingerprint density at radius 1 is 1.32 bits per heavy atom. The third-order valence-corrected chi connectivity index (χ3v) is 5.49. The van der Waals surface area contributed by atoms with Gasteiger partial charge >= 0.3 is 0 Å². The zero-order chi connectivity index (χ0) is 19.4. The van der Waals surface area contributed by atoms with Crippen molar-refractivity contribution in [3.8, 4) is 0 Å². The molecule has 1 fully saturated rings. The van der Waals surface area contributed by atoms with E-state index in [-0.39, 0.29) is 17.6 Å². The Balaban J connectivity index is 1.64. The molecule has 8 heteroatoms. The van der Waals surface area contributed by atoms with Crippen LogP contribution in [0.1, 0.15) is 43.4 Å². The maximum atomic E-state index is 13.2. The number of anilines is 1. The molecule has 2 N–H and O–H groups in total. The van der Waals surface area contributed by atoms with Crippen molar-refractivity contribution in [3.63, 3.8) is 0 Å². The number of fused-ring (bicyclic) bond motifs is 2. The van der Waals surface area contributed by atoms with Crippen LogP contribution in [0.2, 0.25) is 5.02 Å². The van der Waals surface area contributed by atoms with Crippen molar-refractivity contribution in [2.24, 2.45) is 0 Å². The van der Waals surface area contributed by atoms with Crippen molar-refractivity contribution < 1.29 is 0 Å². The lowest BCUT2D eigenvalue weighted by Gasteiger charge is -2.21. The van der Waals surface area contributed by atoms with Crippen LogP contribution in [0.5, 0.6) is 0 Å². The minimum absolute atomic E-state index is 0.0299. The van der Waals surface area contributed by atoms with Gasteiger partial charge in [-0.05, 0) is 44.2 Å². The van der Waals surface area contributed by atoms with E-state index in [1.54, 1.807) is 6.07 Å². The number of nitrogens with zero attached hydrogens (tertiary/aromatic N) is 4. The lowest BCUT2D eigenvalue weighted by atomic mass is 10.1. The van der Waals surface area contributed by atoms with Crippen LogP contribution in [-0.4, -0.2) is 24.5 Å². The summed E-state index contributed by atoms with van der Waals surface area (Å²) in [4.78, 5) is 29.4. The van der Waals surface area contributed by atoms with E-state index in [1.807, 2.05) is 36.6 Å². The molecule has 0 saturated heterocycles. The molecule has 1 aromatic carbocycles. The Hall–Kier alpha value is -2.93. The number of benzene rings is 1. The molecule has 0 bridgehead atoms. The Kier molecular flexibility index (Phi) is 3.87. The van der Waals surface area contributed by atoms with Crippen molar-refractivity contribution in [2.75, 3.05) is 5.32 Å². The third kappa shape index (κ3) is 2.74. The highest BCUT2D eigenvalue weighted by atomic mass is 35.5. The maximum absolute atomic E-state index is 13.2. The second kappa shape index (κ2) is 6.31. The molecule has 1 aliphatic carbocycles. The lowest BCUT2D eigenvalue weighted by Crippen LogP contribution is -2.26. The van der Waals surface area contributed by atoms with Crippen LogP contribution in [0.15, 0.2) is 35.4 Å². The van der Waals surface area contributed by atoms with Gasteiger partial charge in [0.15, 0.2) is 17.0 Å². The van der Waals surface area contributed by atoms with Crippen LogP contribution < -0.4 is 10.9 Å². The highest BCUT2D eigenvalue weighted by molar-refractivity contribution is 6.35. The zero-order valence-electron chi connectivity index (χ0n) is 15.5. The molecule has 28 heavy (non-hydrogen) atoms. The van der Waals surface area contributed by atoms with E-state index in [9.17, 15) is 4.79 Å². The number of hydrogen-bond acceptors (Lipinski definition) is 5. The van der Waals surface area contributed by atoms with E-state index < -0.39 is 0 Å².